The zero-order valence-electron chi connectivity index (χ0n) is 12.4. The predicted molar refractivity (Wildman–Crippen MR) is 85.5 cm³/mol. The first-order chi connectivity index (χ1) is 9.16. The summed E-state index contributed by atoms with van der Waals surface area (Å²) in [5, 5.41) is 3.49. The fourth-order valence-corrected chi connectivity index (χ4v) is 2.50. The van der Waals surface area contributed by atoms with Crippen molar-refractivity contribution in [2.24, 2.45) is 5.92 Å². The Morgan fingerprint density at radius 3 is 3.00 bits per heavy atom. The predicted octanol–water partition coefficient (Wildman–Crippen LogP) is 5.05. The molecule has 1 aliphatic heterocycles. The molecule has 0 radical (unpaired) electrons. The molecule has 1 aliphatic rings. The van der Waals surface area contributed by atoms with Crippen molar-refractivity contribution < 1.29 is 0 Å². The molecule has 0 aromatic heterocycles. The van der Waals surface area contributed by atoms with Gasteiger partial charge in [0.05, 0.1) is 0 Å². The van der Waals surface area contributed by atoms with Crippen LogP contribution in [-0.4, -0.2) is 6.54 Å². The van der Waals surface area contributed by atoms with Crippen LogP contribution in [0.3, 0.4) is 0 Å². The van der Waals surface area contributed by atoms with Gasteiger partial charge in [-0.25, -0.2) is 0 Å². The van der Waals surface area contributed by atoms with Crippen LogP contribution in [-0.2, 0) is 6.42 Å². The largest absolute Gasteiger partial charge is 0.384 e. The van der Waals surface area contributed by atoms with Crippen LogP contribution in [0.5, 0.6) is 0 Å². The molecule has 1 atom stereocenters. The molecule has 1 nitrogen and oxygen atoms in total. The number of allylic oxidation sites excluding steroid dienone is 3. The van der Waals surface area contributed by atoms with E-state index in [1.54, 1.807) is 0 Å². The second-order valence-corrected chi connectivity index (χ2v) is 5.75. The molecule has 1 N–H and O–H groups in total. The number of benzene rings is 1. The zero-order valence-corrected chi connectivity index (χ0v) is 12.4. The molecule has 0 saturated carbocycles. The maximum Gasteiger partial charge on any atom is 0.0447 e. The van der Waals surface area contributed by atoms with Crippen molar-refractivity contribution in [3.05, 3.63) is 47.1 Å². The number of nitrogens with one attached hydrogen (secondary N) is 1. The average molecular weight is 255 g/mol. The summed E-state index contributed by atoms with van der Waals surface area (Å²) in [6, 6.07) is 6.60. The number of hydrogen-bond donors (Lipinski definition) is 1. The quantitative estimate of drug-likeness (QED) is 0.726. The van der Waals surface area contributed by atoms with E-state index in [0.29, 0.717) is 5.92 Å². The first kappa shape index (κ1) is 13.9. The van der Waals surface area contributed by atoms with Crippen LogP contribution in [0.25, 0.3) is 6.08 Å². The fraction of sp³-hybridized carbons (Fsp3) is 0.444. The number of fused-ring (bicyclic) bond motifs is 1. The van der Waals surface area contributed by atoms with Gasteiger partial charge in [0, 0.05) is 12.2 Å². The smallest absolute Gasteiger partial charge is 0.0447 e. The molecule has 1 heteroatoms. The minimum atomic E-state index is 0.632. The van der Waals surface area contributed by atoms with Gasteiger partial charge in [0.1, 0.15) is 0 Å². The van der Waals surface area contributed by atoms with E-state index < -0.39 is 0 Å². The molecule has 0 fully saturated rings. The van der Waals surface area contributed by atoms with Gasteiger partial charge in [0.2, 0.25) is 0 Å². The normalized spacial score (nSPS) is 15.1. The van der Waals surface area contributed by atoms with Gasteiger partial charge in [0.25, 0.3) is 0 Å². The van der Waals surface area contributed by atoms with Crippen LogP contribution in [0.1, 0.15) is 44.7 Å². The van der Waals surface area contributed by atoms with Crippen LogP contribution >= 0.6 is 0 Å². The first-order valence-electron chi connectivity index (χ1n) is 7.34. The SMILES string of the molecule is CC(C)=CCC[C@@H](C)/C=C\c1cccc2c1NCC2. The summed E-state index contributed by atoms with van der Waals surface area (Å²) in [6.45, 7) is 7.71. The highest BCUT2D eigenvalue weighted by Crippen LogP contribution is 2.27. The molecule has 0 bridgehead atoms. The lowest BCUT2D eigenvalue weighted by Crippen LogP contribution is -1.93. The average Bonchev–Trinajstić information content (AvgIpc) is 2.84. The second-order valence-electron chi connectivity index (χ2n) is 5.75. The molecule has 1 aromatic rings. The number of para-hydroxylation sites is 1. The van der Waals surface area contributed by atoms with E-state index in [0.717, 1.165) is 13.0 Å². The summed E-state index contributed by atoms with van der Waals surface area (Å²) < 4.78 is 0. The molecule has 0 unspecified atom stereocenters. The molecular formula is C18H25N. The minimum absolute atomic E-state index is 0.632. The third-order valence-corrected chi connectivity index (χ3v) is 3.66. The van der Waals surface area contributed by atoms with Crippen LogP contribution in [0, 0.1) is 5.92 Å². The second kappa shape index (κ2) is 6.60. The van der Waals surface area contributed by atoms with Gasteiger partial charge < -0.3 is 5.32 Å². The molecule has 102 valence electrons. The van der Waals surface area contributed by atoms with Crippen molar-refractivity contribution >= 4 is 11.8 Å². The van der Waals surface area contributed by atoms with E-state index in [-0.39, 0.29) is 0 Å². The lowest BCUT2D eigenvalue weighted by molar-refractivity contribution is 0.659. The Bertz CT molecular complexity index is 478. The van der Waals surface area contributed by atoms with E-state index in [4.69, 9.17) is 0 Å². The Balaban J connectivity index is 1.95. The van der Waals surface area contributed by atoms with Gasteiger partial charge in [-0.05, 0) is 50.2 Å². The molecule has 0 amide bonds. The van der Waals surface area contributed by atoms with Crippen LogP contribution in [0.2, 0.25) is 0 Å². The lowest BCUT2D eigenvalue weighted by Gasteiger charge is -2.07. The summed E-state index contributed by atoms with van der Waals surface area (Å²) in [6.07, 6.45) is 10.5. The maximum atomic E-state index is 3.49. The zero-order chi connectivity index (χ0) is 13.7. The number of hydrogen-bond acceptors (Lipinski definition) is 1. The highest BCUT2D eigenvalue weighted by Gasteiger charge is 2.11. The van der Waals surface area contributed by atoms with E-state index in [1.807, 2.05) is 0 Å². The van der Waals surface area contributed by atoms with Crippen molar-refractivity contribution in [1.29, 1.82) is 0 Å². The highest BCUT2D eigenvalue weighted by molar-refractivity contribution is 5.72. The van der Waals surface area contributed by atoms with Crippen molar-refractivity contribution in [1.82, 2.24) is 0 Å². The van der Waals surface area contributed by atoms with Gasteiger partial charge in [-0.2, -0.15) is 0 Å². The van der Waals surface area contributed by atoms with Crippen LogP contribution in [0.15, 0.2) is 35.9 Å². The molecule has 0 saturated heterocycles. The number of anilines is 1. The molecule has 0 spiro atoms. The van der Waals surface area contributed by atoms with E-state index in [1.165, 1.54) is 35.2 Å². The first-order valence-corrected chi connectivity index (χ1v) is 7.34. The van der Waals surface area contributed by atoms with E-state index >= 15 is 0 Å². The molecule has 2 rings (SSSR count). The topological polar surface area (TPSA) is 12.0 Å². The van der Waals surface area contributed by atoms with Crippen molar-refractivity contribution in [2.45, 2.75) is 40.0 Å². The van der Waals surface area contributed by atoms with Crippen LogP contribution in [0.4, 0.5) is 5.69 Å². The maximum absolute atomic E-state index is 3.49. The Hall–Kier alpha value is -1.50. The van der Waals surface area contributed by atoms with Gasteiger partial charge in [0.15, 0.2) is 0 Å². The Morgan fingerprint density at radius 1 is 1.37 bits per heavy atom. The summed E-state index contributed by atoms with van der Waals surface area (Å²) in [5.74, 6) is 0.632. The minimum Gasteiger partial charge on any atom is -0.384 e. The molecule has 1 aromatic carbocycles. The lowest BCUT2D eigenvalue weighted by atomic mass is 10.0. The summed E-state index contributed by atoms with van der Waals surface area (Å²) >= 11 is 0. The highest BCUT2D eigenvalue weighted by atomic mass is 14.9. The molecule has 1 heterocycles. The number of rotatable bonds is 5. The van der Waals surface area contributed by atoms with Crippen molar-refractivity contribution in [2.75, 3.05) is 11.9 Å². The van der Waals surface area contributed by atoms with Crippen molar-refractivity contribution in [3.8, 4) is 0 Å². The molecule has 19 heavy (non-hydrogen) atoms. The van der Waals surface area contributed by atoms with Gasteiger partial charge in [-0.3, -0.25) is 0 Å². The Morgan fingerprint density at radius 2 is 2.21 bits per heavy atom. The summed E-state index contributed by atoms with van der Waals surface area (Å²) in [7, 11) is 0. The third kappa shape index (κ3) is 3.99. The van der Waals surface area contributed by atoms with Crippen LogP contribution < -0.4 is 5.32 Å². The van der Waals surface area contributed by atoms with Gasteiger partial charge >= 0.3 is 0 Å². The van der Waals surface area contributed by atoms with E-state index in [9.17, 15) is 0 Å². The van der Waals surface area contributed by atoms with Gasteiger partial charge in [-0.15, -0.1) is 0 Å². The van der Waals surface area contributed by atoms with Gasteiger partial charge in [-0.1, -0.05) is 48.9 Å². The molecular weight excluding hydrogens is 230 g/mol. The standard InChI is InChI=1S/C18H25N/c1-14(2)6-4-7-15(3)10-11-16-8-5-9-17-12-13-19-18(16)17/h5-6,8-11,15,19H,4,7,12-13H2,1-3H3/b11-10-/t15-/m1/s1. The fourth-order valence-electron chi connectivity index (χ4n) is 2.50. The van der Waals surface area contributed by atoms with Crippen molar-refractivity contribution in [3.63, 3.8) is 0 Å². The monoisotopic (exact) mass is 255 g/mol. The Labute approximate surface area is 117 Å². The van der Waals surface area contributed by atoms with E-state index in [2.05, 4.69) is 62.5 Å². The summed E-state index contributed by atoms with van der Waals surface area (Å²) in [4.78, 5) is 0. The Kier molecular flexibility index (Phi) is 4.84. The molecule has 0 aliphatic carbocycles. The summed E-state index contributed by atoms with van der Waals surface area (Å²) in [5.41, 5.74) is 5.56. The third-order valence-electron chi connectivity index (χ3n) is 3.66.